The average molecular weight is 431 g/mol. The first-order valence-corrected chi connectivity index (χ1v) is 11.6. The van der Waals surface area contributed by atoms with Crippen molar-refractivity contribution < 1.29 is 22.7 Å². The minimum absolute atomic E-state index is 0.118. The summed E-state index contributed by atoms with van der Waals surface area (Å²) in [6.45, 7) is 2.85. The van der Waals surface area contributed by atoms with Gasteiger partial charge in [-0.05, 0) is 50.1 Å². The van der Waals surface area contributed by atoms with E-state index in [1.165, 1.54) is 6.07 Å². The first-order valence-electron chi connectivity index (χ1n) is 10.2. The molecule has 0 N–H and O–H groups in total. The number of hydrogen-bond donors (Lipinski definition) is 0. The largest absolute Gasteiger partial charge is 0.497 e. The fourth-order valence-corrected chi connectivity index (χ4v) is 5.61. The van der Waals surface area contributed by atoms with Gasteiger partial charge < -0.3 is 9.47 Å². The predicted octanol–water partition coefficient (Wildman–Crippen LogP) is 2.77. The number of nitrogens with zero attached hydrogens (tertiary/aromatic N) is 2. The summed E-state index contributed by atoms with van der Waals surface area (Å²) in [7, 11) is -2.07. The van der Waals surface area contributed by atoms with Gasteiger partial charge in [-0.15, -0.1) is 0 Å². The van der Waals surface area contributed by atoms with Gasteiger partial charge in [0, 0.05) is 25.7 Å². The lowest BCUT2D eigenvalue weighted by atomic mass is 10.2. The lowest BCUT2D eigenvalue weighted by Crippen LogP contribution is -2.32. The molecule has 160 valence electrons. The smallest absolute Gasteiger partial charge is 0.269 e. The van der Waals surface area contributed by atoms with Crippen molar-refractivity contribution in [3.8, 4) is 11.5 Å². The molecule has 0 radical (unpaired) electrons. The summed E-state index contributed by atoms with van der Waals surface area (Å²) < 4.78 is 37.5. The average Bonchev–Trinajstić information content (AvgIpc) is 3.27. The number of likely N-dealkylation sites (tertiary alicyclic amines) is 1. The van der Waals surface area contributed by atoms with Crippen LogP contribution in [0.1, 0.15) is 29.6 Å². The van der Waals surface area contributed by atoms with Crippen molar-refractivity contribution in [2.24, 2.45) is 0 Å². The zero-order valence-electron chi connectivity index (χ0n) is 17.0. The van der Waals surface area contributed by atoms with Gasteiger partial charge >= 0.3 is 0 Å². The molecule has 2 aromatic carbocycles. The molecule has 1 unspecified atom stereocenters. The number of hydrogen-bond acceptors (Lipinski definition) is 6. The van der Waals surface area contributed by atoms with E-state index in [1.807, 2.05) is 24.3 Å². The second-order valence-corrected chi connectivity index (χ2v) is 9.42. The van der Waals surface area contributed by atoms with Crippen molar-refractivity contribution in [3.63, 3.8) is 0 Å². The molecule has 0 spiro atoms. The topological polar surface area (TPSA) is 76.2 Å². The third-order valence-corrected chi connectivity index (χ3v) is 7.41. The van der Waals surface area contributed by atoms with Crippen LogP contribution in [-0.2, 0) is 10.0 Å². The Morgan fingerprint density at radius 1 is 1.03 bits per heavy atom. The summed E-state index contributed by atoms with van der Waals surface area (Å²) in [6.07, 6.45) is 2.54. The first-order chi connectivity index (χ1) is 14.5. The molecule has 1 amide bonds. The third-order valence-electron chi connectivity index (χ3n) is 5.57. The SMILES string of the molecule is COc1cccc(OC2CCN(CCCCN3C(=O)c4ccccc4S3(=O)=O)C2)c1. The Kier molecular flexibility index (Phi) is 5.97. The number of carbonyl (C=O) groups excluding carboxylic acids is 1. The molecular formula is C22H26N2O5S. The van der Waals surface area contributed by atoms with E-state index in [9.17, 15) is 13.2 Å². The van der Waals surface area contributed by atoms with Gasteiger partial charge in [-0.1, -0.05) is 18.2 Å². The lowest BCUT2D eigenvalue weighted by molar-refractivity contribution is 0.0869. The second-order valence-electron chi connectivity index (χ2n) is 7.59. The fraction of sp³-hybridized carbons (Fsp3) is 0.409. The molecule has 7 nitrogen and oxygen atoms in total. The van der Waals surface area contributed by atoms with Crippen LogP contribution in [0.3, 0.4) is 0 Å². The van der Waals surface area contributed by atoms with Crippen LogP contribution >= 0.6 is 0 Å². The van der Waals surface area contributed by atoms with Crippen molar-refractivity contribution in [1.82, 2.24) is 9.21 Å². The molecular weight excluding hydrogens is 404 g/mol. The van der Waals surface area contributed by atoms with Crippen molar-refractivity contribution in [2.45, 2.75) is 30.3 Å². The quantitative estimate of drug-likeness (QED) is 0.600. The standard InChI is InChI=1S/C22H26N2O5S/c1-28-17-7-6-8-18(15-17)29-19-11-14-23(16-19)12-4-5-13-24-22(25)20-9-2-3-10-21(20)30(24,26)27/h2-3,6-10,15,19H,4-5,11-14,16H2,1H3. The summed E-state index contributed by atoms with van der Waals surface area (Å²) in [4.78, 5) is 14.9. The second kappa shape index (κ2) is 8.65. The molecule has 30 heavy (non-hydrogen) atoms. The summed E-state index contributed by atoms with van der Waals surface area (Å²) in [5, 5.41) is 0. The van der Waals surface area contributed by atoms with E-state index in [0.29, 0.717) is 6.42 Å². The summed E-state index contributed by atoms with van der Waals surface area (Å²) in [5.74, 6) is 1.16. The molecule has 1 saturated heterocycles. The van der Waals surface area contributed by atoms with Gasteiger partial charge in [-0.2, -0.15) is 0 Å². The highest BCUT2D eigenvalue weighted by Crippen LogP contribution is 2.30. The summed E-state index contributed by atoms with van der Waals surface area (Å²) >= 11 is 0. The minimum atomic E-state index is -3.70. The van der Waals surface area contributed by atoms with E-state index >= 15 is 0 Å². The Labute approximate surface area is 177 Å². The maximum atomic E-state index is 12.6. The molecule has 1 fully saturated rings. The van der Waals surface area contributed by atoms with E-state index in [2.05, 4.69) is 4.90 Å². The van der Waals surface area contributed by atoms with Crippen LogP contribution < -0.4 is 9.47 Å². The van der Waals surface area contributed by atoms with Crippen LogP contribution in [0.25, 0.3) is 0 Å². The van der Waals surface area contributed by atoms with Crippen molar-refractivity contribution in [1.29, 1.82) is 0 Å². The number of fused-ring (bicyclic) bond motifs is 1. The van der Waals surface area contributed by atoms with Gasteiger partial charge in [0.15, 0.2) is 0 Å². The molecule has 2 aliphatic rings. The van der Waals surface area contributed by atoms with E-state index in [-0.39, 0.29) is 23.1 Å². The summed E-state index contributed by atoms with van der Waals surface area (Å²) in [5.41, 5.74) is 0.273. The van der Waals surface area contributed by atoms with E-state index in [1.54, 1.807) is 25.3 Å². The lowest BCUT2D eigenvalue weighted by Gasteiger charge is -2.18. The van der Waals surface area contributed by atoms with Gasteiger partial charge in [-0.25, -0.2) is 12.7 Å². The number of sulfonamides is 1. The maximum absolute atomic E-state index is 12.6. The van der Waals surface area contributed by atoms with Crippen LogP contribution in [0.2, 0.25) is 0 Å². The third kappa shape index (κ3) is 4.15. The maximum Gasteiger partial charge on any atom is 0.269 e. The molecule has 0 aliphatic carbocycles. The van der Waals surface area contributed by atoms with E-state index < -0.39 is 15.9 Å². The monoisotopic (exact) mass is 430 g/mol. The van der Waals surface area contributed by atoms with Crippen molar-refractivity contribution in [3.05, 3.63) is 54.1 Å². The van der Waals surface area contributed by atoms with Gasteiger partial charge in [0.05, 0.1) is 12.7 Å². The Hall–Kier alpha value is -2.58. The number of amides is 1. The van der Waals surface area contributed by atoms with E-state index in [4.69, 9.17) is 9.47 Å². The zero-order valence-corrected chi connectivity index (χ0v) is 17.8. The molecule has 0 aromatic heterocycles. The Bertz CT molecular complexity index is 1020. The zero-order chi connectivity index (χ0) is 21.1. The minimum Gasteiger partial charge on any atom is -0.497 e. The molecule has 8 heteroatoms. The van der Waals surface area contributed by atoms with Crippen LogP contribution in [0.15, 0.2) is 53.4 Å². The Morgan fingerprint density at radius 2 is 1.80 bits per heavy atom. The highest BCUT2D eigenvalue weighted by molar-refractivity contribution is 7.90. The van der Waals surface area contributed by atoms with Crippen LogP contribution in [0.5, 0.6) is 11.5 Å². The molecule has 4 rings (SSSR count). The number of ether oxygens (including phenoxy) is 2. The van der Waals surface area contributed by atoms with Gasteiger partial charge in [0.2, 0.25) is 0 Å². The molecule has 1 atom stereocenters. The Morgan fingerprint density at radius 3 is 2.60 bits per heavy atom. The highest BCUT2D eigenvalue weighted by atomic mass is 32.2. The molecule has 0 saturated carbocycles. The predicted molar refractivity (Wildman–Crippen MR) is 112 cm³/mol. The number of unbranched alkanes of at least 4 members (excludes halogenated alkanes) is 1. The van der Waals surface area contributed by atoms with Crippen LogP contribution in [0, 0.1) is 0 Å². The molecule has 2 aromatic rings. The number of benzene rings is 2. The highest BCUT2D eigenvalue weighted by Gasteiger charge is 2.40. The number of rotatable bonds is 8. The van der Waals surface area contributed by atoms with Gasteiger partial charge in [0.1, 0.15) is 22.5 Å². The number of methoxy groups -OCH3 is 1. The van der Waals surface area contributed by atoms with Gasteiger partial charge in [-0.3, -0.25) is 9.69 Å². The summed E-state index contributed by atoms with van der Waals surface area (Å²) in [6, 6.07) is 14.0. The van der Waals surface area contributed by atoms with Crippen LogP contribution in [-0.4, -0.2) is 62.9 Å². The molecule has 2 heterocycles. The van der Waals surface area contributed by atoms with Crippen LogP contribution in [0.4, 0.5) is 0 Å². The van der Waals surface area contributed by atoms with E-state index in [0.717, 1.165) is 48.3 Å². The van der Waals surface area contributed by atoms with Crippen molar-refractivity contribution in [2.75, 3.05) is 33.3 Å². The normalized spacial score (nSPS) is 20.4. The molecule has 2 aliphatic heterocycles. The number of carbonyl (C=O) groups is 1. The van der Waals surface area contributed by atoms with Gasteiger partial charge in [0.25, 0.3) is 15.9 Å². The molecule has 0 bridgehead atoms. The first kappa shape index (κ1) is 20.7. The fourth-order valence-electron chi connectivity index (χ4n) is 4.01. The van der Waals surface area contributed by atoms with Crippen molar-refractivity contribution >= 4 is 15.9 Å². The Balaban J connectivity index is 1.23.